The van der Waals surface area contributed by atoms with Crippen molar-refractivity contribution in [2.45, 2.75) is 13.5 Å². The number of hydrogen-bond acceptors (Lipinski definition) is 3. The first-order chi connectivity index (χ1) is 12.2. The summed E-state index contributed by atoms with van der Waals surface area (Å²) in [4.78, 5) is 9.31. The van der Waals surface area contributed by atoms with E-state index in [0.29, 0.717) is 6.54 Å². The Morgan fingerprint density at radius 2 is 1.88 bits per heavy atom. The third-order valence-corrected chi connectivity index (χ3v) is 4.42. The second-order valence-corrected chi connectivity index (χ2v) is 6.07. The first-order valence-electron chi connectivity index (χ1n) is 8.68. The van der Waals surface area contributed by atoms with Gasteiger partial charge >= 0.3 is 0 Å². The van der Waals surface area contributed by atoms with E-state index in [4.69, 9.17) is 4.99 Å². The van der Waals surface area contributed by atoms with E-state index in [0.717, 1.165) is 50.1 Å². The van der Waals surface area contributed by atoms with Crippen LogP contribution in [0.15, 0.2) is 41.5 Å². The number of halogens is 1. The van der Waals surface area contributed by atoms with Crippen LogP contribution >= 0.6 is 0 Å². The monoisotopic (exact) mass is 344 g/mol. The van der Waals surface area contributed by atoms with Gasteiger partial charge in [-0.2, -0.15) is 5.10 Å². The molecule has 2 heterocycles. The van der Waals surface area contributed by atoms with Gasteiger partial charge in [0.2, 0.25) is 0 Å². The number of benzene rings is 1. The van der Waals surface area contributed by atoms with Crippen LogP contribution in [0, 0.1) is 5.82 Å². The van der Waals surface area contributed by atoms with Gasteiger partial charge < -0.3 is 15.1 Å². The van der Waals surface area contributed by atoms with Crippen LogP contribution in [0.3, 0.4) is 0 Å². The van der Waals surface area contributed by atoms with Crippen molar-refractivity contribution in [2.75, 3.05) is 37.6 Å². The van der Waals surface area contributed by atoms with Gasteiger partial charge in [0.1, 0.15) is 5.82 Å². The molecule has 1 aromatic heterocycles. The molecule has 0 bridgehead atoms. The van der Waals surface area contributed by atoms with E-state index < -0.39 is 0 Å². The highest BCUT2D eigenvalue weighted by molar-refractivity contribution is 5.80. The number of aryl methyl sites for hydroxylation is 1. The van der Waals surface area contributed by atoms with E-state index in [1.807, 2.05) is 29.9 Å². The van der Waals surface area contributed by atoms with Crippen molar-refractivity contribution in [3.8, 4) is 0 Å². The molecule has 2 aromatic rings. The van der Waals surface area contributed by atoms with Crippen LogP contribution in [0.25, 0.3) is 0 Å². The summed E-state index contributed by atoms with van der Waals surface area (Å²) in [5.41, 5.74) is 2.15. The Balaban J connectivity index is 1.62. The van der Waals surface area contributed by atoms with Gasteiger partial charge in [0, 0.05) is 51.7 Å². The lowest BCUT2D eigenvalue weighted by atomic mass is 10.2. The Bertz CT molecular complexity index is 701. The van der Waals surface area contributed by atoms with E-state index in [2.05, 4.69) is 27.1 Å². The van der Waals surface area contributed by atoms with Crippen molar-refractivity contribution in [1.29, 1.82) is 0 Å². The quantitative estimate of drug-likeness (QED) is 0.679. The van der Waals surface area contributed by atoms with Crippen LogP contribution in [-0.4, -0.2) is 53.4 Å². The molecule has 0 aliphatic carbocycles. The van der Waals surface area contributed by atoms with Gasteiger partial charge in [-0.05, 0) is 37.3 Å². The first-order valence-corrected chi connectivity index (χ1v) is 8.68. The maximum Gasteiger partial charge on any atom is 0.194 e. The second kappa shape index (κ2) is 8.00. The number of piperazine rings is 1. The van der Waals surface area contributed by atoms with Crippen molar-refractivity contribution in [3.63, 3.8) is 0 Å². The molecule has 0 atom stereocenters. The maximum atomic E-state index is 13.1. The standard InChI is InChI=1S/C18H25FN6/c1-3-20-18(21-14-17-8-9-22-23(17)2)25-12-10-24(11-13-25)16-6-4-15(19)5-7-16/h4-9H,3,10-14H2,1-2H3,(H,20,21). The Morgan fingerprint density at radius 1 is 1.16 bits per heavy atom. The minimum atomic E-state index is -0.195. The fourth-order valence-electron chi connectivity index (χ4n) is 2.97. The normalized spacial score (nSPS) is 15.6. The predicted molar refractivity (Wildman–Crippen MR) is 98.2 cm³/mol. The molecule has 0 spiro atoms. The third-order valence-electron chi connectivity index (χ3n) is 4.42. The average Bonchev–Trinajstić information content (AvgIpc) is 3.04. The number of nitrogens with zero attached hydrogens (tertiary/aromatic N) is 5. The summed E-state index contributed by atoms with van der Waals surface area (Å²) in [5.74, 6) is 0.738. The molecular formula is C18H25FN6. The number of hydrogen-bond donors (Lipinski definition) is 1. The average molecular weight is 344 g/mol. The van der Waals surface area contributed by atoms with Crippen LogP contribution in [0.1, 0.15) is 12.6 Å². The molecule has 6 nitrogen and oxygen atoms in total. The summed E-state index contributed by atoms with van der Waals surface area (Å²) in [6, 6.07) is 8.70. The van der Waals surface area contributed by atoms with Crippen molar-refractivity contribution in [2.24, 2.45) is 12.0 Å². The van der Waals surface area contributed by atoms with E-state index in [-0.39, 0.29) is 5.82 Å². The fraction of sp³-hybridized carbons (Fsp3) is 0.444. The Kier molecular flexibility index (Phi) is 5.53. The van der Waals surface area contributed by atoms with Gasteiger partial charge in [-0.25, -0.2) is 9.38 Å². The van der Waals surface area contributed by atoms with Gasteiger partial charge in [-0.3, -0.25) is 4.68 Å². The molecule has 25 heavy (non-hydrogen) atoms. The van der Waals surface area contributed by atoms with E-state index in [9.17, 15) is 4.39 Å². The molecule has 0 unspecified atom stereocenters. The number of aliphatic imine (C=N–C) groups is 1. The zero-order chi connectivity index (χ0) is 17.6. The van der Waals surface area contributed by atoms with Crippen molar-refractivity contribution in [1.82, 2.24) is 20.0 Å². The SMILES string of the molecule is CCNC(=NCc1ccnn1C)N1CCN(c2ccc(F)cc2)CC1. The van der Waals surface area contributed by atoms with Gasteiger partial charge in [0.05, 0.1) is 12.2 Å². The molecule has 1 N–H and O–H groups in total. The smallest absolute Gasteiger partial charge is 0.194 e. The molecule has 0 saturated carbocycles. The number of nitrogens with one attached hydrogen (secondary N) is 1. The number of rotatable bonds is 4. The number of guanidine groups is 1. The van der Waals surface area contributed by atoms with Crippen LogP contribution in [-0.2, 0) is 13.6 Å². The summed E-state index contributed by atoms with van der Waals surface area (Å²) in [6.07, 6.45) is 1.79. The molecule has 7 heteroatoms. The summed E-state index contributed by atoms with van der Waals surface area (Å²) in [5, 5.41) is 7.56. The van der Waals surface area contributed by atoms with Crippen LogP contribution in [0.2, 0.25) is 0 Å². The minimum absolute atomic E-state index is 0.195. The molecule has 3 rings (SSSR count). The number of aromatic nitrogens is 2. The van der Waals surface area contributed by atoms with Crippen LogP contribution in [0.5, 0.6) is 0 Å². The summed E-state index contributed by atoms with van der Waals surface area (Å²) in [6.45, 7) is 7.07. The predicted octanol–water partition coefficient (Wildman–Crippen LogP) is 1.85. The molecule has 1 fully saturated rings. The third kappa shape index (κ3) is 4.29. The van der Waals surface area contributed by atoms with Crippen molar-refractivity contribution >= 4 is 11.6 Å². The lowest BCUT2D eigenvalue weighted by molar-refractivity contribution is 0.372. The lowest BCUT2D eigenvalue weighted by Crippen LogP contribution is -2.52. The van der Waals surface area contributed by atoms with Gasteiger partial charge in [0.25, 0.3) is 0 Å². The number of anilines is 1. The van der Waals surface area contributed by atoms with E-state index in [1.54, 1.807) is 6.20 Å². The molecule has 1 saturated heterocycles. The molecule has 1 aliphatic rings. The molecule has 1 aliphatic heterocycles. The molecule has 1 aromatic carbocycles. The summed E-state index contributed by atoms with van der Waals surface area (Å²) >= 11 is 0. The topological polar surface area (TPSA) is 48.7 Å². The highest BCUT2D eigenvalue weighted by Gasteiger charge is 2.20. The van der Waals surface area contributed by atoms with Crippen LogP contribution < -0.4 is 10.2 Å². The highest BCUT2D eigenvalue weighted by Crippen LogP contribution is 2.17. The minimum Gasteiger partial charge on any atom is -0.368 e. The Hall–Kier alpha value is -2.57. The zero-order valence-electron chi connectivity index (χ0n) is 14.8. The molecule has 0 amide bonds. The molecule has 134 valence electrons. The highest BCUT2D eigenvalue weighted by atomic mass is 19.1. The second-order valence-electron chi connectivity index (χ2n) is 6.07. The van der Waals surface area contributed by atoms with Crippen LogP contribution in [0.4, 0.5) is 10.1 Å². The van der Waals surface area contributed by atoms with Crippen molar-refractivity contribution < 1.29 is 4.39 Å². The summed E-state index contributed by atoms with van der Waals surface area (Å²) < 4.78 is 14.9. The van der Waals surface area contributed by atoms with E-state index in [1.165, 1.54) is 12.1 Å². The van der Waals surface area contributed by atoms with Gasteiger partial charge in [0.15, 0.2) is 5.96 Å². The van der Waals surface area contributed by atoms with Gasteiger partial charge in [-0.1, -0.05) is 0 Å². The lowest BCUT2D eigenvalue weighted by Gasteiger charge is -2.37. The first kappa shape index (κ1) is 17.3. The summed E-state index contributed by atoms with van der Waals surface area (Å²) in [7, 11) is 1.93. The maximum absolute atomic E-state index is 13.1. The fourth-order valence-corrected chi connectivity index (χ4v) is 2.97. The molecule has 0 radical (unpaired) electrons. The zero-order valence-corrected chi connectivity index (χ0v) is 14.8. The Labute approximate surface area is 148 Å². The van der Waals surface area contributed by atoms with E-state index >= 15 is 0 Å². The Morgan fingerprint density at radius 3 is 2.48 bits per heavy atom. The van der Waals surface area contributed by atoms with Gasteiger partial charge in [-0.15, -0.1) is 0 Å². The molecular weight excluding hydrogens is 319 g/mol. The van der Waals surface area contributed by atoms with Crippen molar-refractivity contribution in [3.05, 3.63) is 48.0 Å². The largest absolute Gasteiger partial charge is 0.368 e.